The molecule has 2 aromatic heterocycles. The molecule has 3 aliphatic carbocycles. The third-order valence-corrected chi connectivity index (χ3v) is 15.3. The number of rotatable bonds is 4. The van der Waals surface area contributed by atoms with Gasteiger partial charge >= 0.3 is 0 Å². The molecule has 4 nitrogen and oxygen atoms in total. The maximum Gasteiger partial charge on any atom is 0.164 e. The van der Waals surface area contributed by atoms with Gasteiger partial charge in [-0.15, -0.1) is 0 Å². The Morgan fingerprint density at radius 1 is 0.261 bits per heavy atom. The molecule has 0 amide bonds. The van der Waals surface area contributed by atoms with Crippen LogP contribution in [0.5, 0.6) is 0 Å². The summed E-state index contributed by atoms with van der Waals surface area (Å²) >= 11 is 0. The van der Waals surface area contributed by atoms with E-state index in [9.17, 15) is 0 Å². The first-order valence-electron chi connectivity index (χ1n) is 23.8. The van der Waals surface area contributed by atoms with E-state index in [4.69, 9.17) is 15.0 Å². The summed E-state index contributed by atoms with van der Waals surface area (Å²) in [5, 5.41) is 2.45. The Hall–Kier alpha value is -8.99. The summed E-state index contributed by atoms with van der Waals surface area (Å²) < 4.78 is 0. The van der Waals surface area contributed by atoms with Crippen LogP contribution in [0.2, 0.25) is 0 Å². The van der Waals surface area contributed by atoms with Crippen LogP contribution in [0.3, 0.4) is 0 Å². The standard InChI is InChI=1S/C65H40N4/c1-3-19-40(20-4-1)61-67-62(41-21-5-2-6-22-41)69-63(68-61)43-24-17-23-42(37-43)44-29-18-30-49-47-27-9-13-33-53(47)65(60(44)49)55-35-15-14-34-54(55)64(51-31-11-7-25-45(51)46-26-8-12-32-52(46)64)57-39-59-50(38-56(57)65)48-28-10-16-36-58(48)66-59/h1-39,66H. The van der Waals surface area contributed by atoms with Crippen LogP contribution in [-0.2, 0) is 10.8 Å². The van der Waals surface area contributed by atoms with Crippen molar-refractivity contribution in [1.82, 2.24) is 19.9 Å². The Morgan fingerprint density at radius 2 is 0.696 bits per heavy atom. The van der Waals surface area contributed by atoms with Crippen LogP contribution in [0.4, 0.5) is 0 Å². The molecule has 2 spiro atoms. The summed E-state index contributed by atoms with van der Waals surface area (Å²) in [6.07, 6.45) is 0. The molecule has 0 saturated heterocycles. The van der Waals surface area contributed by atoms with E-state index in [1.807, 2.05) is 36.4 Å². The van der Waals surface area contributed by atoms with Gasteiger partial charge in [-0.3, -0.25) is 0 Å². The van der Waals surface area contributed by atoms with Gasteiger partial charge in [0.05, 0.1) is 10.8 Å². The van der Waals surface area contributed by atoms with Crippen molar-refractivity contribution in [1.29, 1.82) is 0 Å². The molecule has 0 radical (unpaired) electrons. The third kappa shape index (κ3) is 5.10. The van der Waals surface area contributed by atoms with Crippen LogP contribution < -0.4 is 0 Å². The summed E-state index contributed by atoms with van der Waals surface area (Å²) in [4.78, 5) is 19.3. The molecule has 0 bridgehead atoms. The molecular weight excluding hydrogens is 837 g/mol. The number of benzene rings is 10. The molecule has 0 saturated carbocycles. The van der Waals surface area contributed by atoms with Crippen molar-refractivity contribution in [2.24, 2.45) is 0 Å². The van der Waals surface area contributed by atoms with Gasteiger partial charge in [-0.2, -0.15) is 0 Å². The number of aromatic nitrogens is 4. The van der Waals surface area contributed by atoms with Crippen LogP contribution in [0.15, 0.2) is 237 Å². The minimum Gasteiger partial charge on any atom is -0.355 e. The fourth-order valence-corrected chi connectivity index (χ4v) is 12.7. The Bertz CT molecular complexity index is 3990. The first kappa shape index (κ1) is 38.1. The zero-order chi connectivity index (χ0) is 45.3. The number of hydrogen-bond acceptors (Lipinski definition) is 3. The number of para-hydroxylation sites is 1. The Kier molecular flexibility index (Phi) is 7.88. The lowest BCUT2D eigenvalue weighted by molar-refractivity contribution is 0.635. The third-order valence-electron chi connectivity index (χ3n) is 15.3. The lowest BCUT2D eigenvalue weighted by atomic mass is 9.52. The summed E-state index contributed by atoms with van der Waals surface area (Å²) in [5.74, 6) is 1.91. The normalized spacial score (nSPS) is 15.4. The van der Waals surface area contributed by atoms with Gasteiger partial charge in [-0.1, -0.05) is 212 Å². The van der Waals surface area contributed by atoms with Gasteiger partial charge in [-0.05, 0) is 102 Å². The van der Waals surface area contributed by atoms with Gasteiger partial charge in [0.25, 0.3) is 0 Å². The van der Waals surface area contributed by atoms with Crippen molar-refractivity contribution in [2.45, 2.75) is 10.8 Å². The first-order chi connectivity index (χ1) is 34.2. The second-order valence-electron chi connectivity index (χ2n) is 18.6. The van der Waals surface area contributed by atoms with Gasteiger partial charge in [0.2, 0.25) is 0 Å². The second-order valence-corrected chi connectivity index (χ2v) is 18.6. The predicted molar refractivity (Wildman–Crippen MR) is 279 cm³/mol. The van der Waals surface area contributed by atoms with Crippen LogP contribution in [0, 0.1) is 0 Å². The lowest BCUT2D eigenvalue weighted by Gasteiger charge is -2.49. The smallest absolute Gasteiger partial charge is 0.164 e. The van der Waals surface area contributed by atoms with E-state index in [-0.39, 0.29) is 0 Å². The van der Waals surface area contributed by atoms with Crippen molar-refractivity contribution < 1.29 is 0 Å². The SMILES string of the molecule is c1ccc(-c2nc(-c3ccccc3)nc(-c3cccc(-c4cccc5c4C4(c6ccccc6-5)c5ccccc5C5(c6ccccc6-c6ccccc65)c5cc6[nH]c7ccccc7c6cc54)c3)n2)cc1. The number of hydrogen-bond donors (Lipinski definition) is 1. The number of nitrogens with one attached hydrogen (secondary N) is 1. The van der Waals surface area contributed by atoms with E-state index >= 15 is 0 Å². The molecule has 1 unspecified atom stereocenters. The molecule has 12 aromatic rings. The molecule has 3 aliphatic rings. The van der Waals surface area contributed by atoms with Crippen LogP contribution >= 0.6 is 0 Å². The van der Waals surface area contributed by atoms with Gasteiger partial charge in [0.15, 0.2) is 17.5 Å². The largest absolute Gasteiger partial charge is 0.355 e. The van der Waals surface area contributed by atoms with E-state index in [1.54, 1.807) is 0 Å². The molecule has 2 heterocycles. The van der Waals surface area contributed by atoms with E-state index in [1.165, 1.54) is 83.1 Å². The summed E-state index contributed by atoms with van der Waals surface area (Å²) in [6, 6.07) is 86.8. The van der Waals surface area contributed by atoms with E-state index in [0.717, 1.165) is 33.3 Å². The zero-order valence-electron chi connectivity index (χ0n) is 37.4. The Labute approximate surface area is 399 Å². The maximum absolute atomic E-state index is 5.18. The average molecular weight is 877 g/mol. The van der Waals surface area contributed by atoms with E-state index in [2.05, 4.69) is 205 Å². The minimum absolute atomic E-state index is 0.589. The minimum atomic E-state index is -0.705. The van der Waals surface area contributed by atoms with Crippen molar-refractivity contribution in [2.75, 3.05) is 0 Å². The van der Waals surface area contributed by atoms with Crippen LogP contribution in [-0.4, -0.2) is 19.9 Å². The number of H-pyrrole nitrogens is 1. The fourth-order valence-electron chi connectivity index (χ4n) is 12.7. The lowest BCUT2D eigenvalue weighted by Crippen LogP contribution is -2.44. The number of nitrogens with zero attached hydrogens (tertiary/aromatic N) is 3. The van der Waals surface area contributed by atoms with Crippen LogP contribution in [0.25, 0.3) is 89.4 Å². The molecule has 0 aliphatic heterocycles. The predicted octanol–water partition coefficient (Wildman–Crippen LogP) is 15.2. The van der Waals surface area contributed by atoms with Crippen LogP contribution in [0.1, 0.15) is 44.5 Å². The van der Waals surface area contributed by atoms with E-state index in [0.29, 0.717) is 17.5 Å². The quantitative estimate of drug-likeness (QED) is 0.192. The molecule has 320 valence electrons. The van der Waals surface area contributed by atoms with Gasteiger partial charge in [-0.25, -0.2) is 15.0 Å². The highest BCUT2D eigenvalue weighted by molar-refractivity contribution is 6.09. The van der Waals surface area contributed by atoms with Crippen molar-refractivity contribution in [3.8, 4) is 67.5 Å². The summed E-state index contributed by atoms with van der Waals surface area (Å²) in [5.41, 5.74) is 21.6. The number of aromatic amines is 1. The van der Waals surface area contributed by atoms with Gasteiger partial charge in [0, 0.05) is 38.5 Å². The molecule has 1 N–H and O–H groups in total. The topological polar surface area (TPSA) is 54.5 Å². The Morgan fingerprint density at radius 3 is 1.35 bits per heavy atom. The highest BCUT2D eigenvalue weighted by Crippen LogP contribution is 2.68. The van der Waals surface area contributed by atoms with Gasteiger partial charge in [0.1, 0.15) is 0 Å². The van der Waals surface area contributed by atoms with Gasteiger partial charge < -0.3 is 4.98 Å². The molecule has 1 atom stereocenters. The highest BCUT2D eigenvalue weighted by Gasteiger charge is 2.59. The molecule has 10 aromatic carbocycles. The highest BCUT2D eigenvalue weighted by atomic mass is 15.0. The van der Waals surface area contributed by atoms with Crippen molar-refractivity contribution >= 4 is 21.8 Å². The van der Waals surface area contributed by atoms with Crippen molar-refractivity contribution in [3.63, 3.8) is 0 Å². The van der Waals surface area contributed by atoms with E-state index < -0.39 is 10.8 Å². The first-order valence-corrected chi connectivity index (χ1v) is 23.8. The Balaban J connectivity index is 1.05. The molecule has 0 fully saturated rings. The maximum atomic E-state index is 5.18. The average Bonchev–Trinajstić information content (AvgIpc) is 4.05. The molecular formula is C65H40N4. The number of fused-ring (bicyclic) bond motifs is 19. The summed E-state index contributed by atoms with van der Waals surface area (Å²) in [6.45, 7) is 0. The molecule has 69 heavy (non-hydrogen) atoms. The molecule has 4 heteroatoms. The summed E-state index contributed by atoms with van der Waals surface area (Å²) in [7, 11) is 0. The monoisotopic (exact) mass is 876 g/mol. The molecule has 15 rings (SSSR count). The zero-order valence-corrected chi connectivity index (χ0v) is 37.4. The fraction of sp³-hybridized carbons (Fsp3) is 0.0308. The second kappa shape index (κ2) is 14.3. The van der Waals surface area contributed by atoms with Crippen molar-refractivity contribution in [3.05, 3.63) is 281 Å².